The van der Waals surface area contributed by atoms with Gasteiger partial charge in [-0.05, 0) is 18.1 Å². The zero-order chi connectivity index (χ0) is 16.1. The standard InChI is InChI=1S/C17H19N5O/c1-22(17(23)8-7-13-10-18-19-11-13)12-15-9-16(21-20-15)14-5-3-2-4-6-14/h2-6,9-11H,7-8,12H2,1H3,(H,18,19)(H,20,21). The number of aromatic nitrogens is 4. The van der Waals surface area contributed by atoms with Crippen molar-refractivity contribution in [1.29, 1.82) is 0 Å². The molecule has 23 heavy (non-hydrogen) atoms. The average molecular weight is 309 g/mol. The SMILES string of the molecule is CN(Cc1cc(-c2ccccc2)n[nH]1)C(=O)CCc1cn[nH]c1. The molecule has 0 bridgehead atoms. The summed E-state index contributed by atoms with van der Waals surface area (Å²) in [7, 11) is 1.81. The van der Waals surface area contributed by atoms with Crippen molar-refractivity contribution in [3.8, 4) is 11.3 Å². The van der Waals surface area contributed by atoms with Crippen LogP contribution in [0.5, 0.6) is 0 Å². The van der Waals surface area contributed by atoms with Crippen molar-refractivity contribution in [1.82, 2.24) is 25.3 Å². The Bertz CT molecular complexity index is 748. The van der Waals surface area contributed by atoms with Gasteiger partial charge in [0.2, 0.25) is 5.91 Å². The number of hydrogen-bond donors (Lipinski definition) is 2. The van der Waals surface area contributed by atoms with Crippen molar-refractivity contribution < 1.29 is 4.79 Å². The van der Waals surface area contributed by atoms with E-state index in [1.165, 1.54) is 0 Å². The Morgan fingerprint density at radius 1 is 1.26 bits per heavy atom. The van der Waals surface area contributed by atoms with Crippen LogP contribution in [0.4, 0.5) is 0 Å². The fourth-order valence-corrected chi connectivity index (χ4v) is 2.40. The summed E-state index contributed by atoms with van der Waals surface area (Å²) in [5.41, 5.74) is 3.91. The molecule has 2 heterocycles. The quantitative estimate of drug-likeness (QED) is 0.734. The van der Waals surface area contributed by atoms with E-state index in [-0.39, 0.29) is 5.91 Å². The average Bonchev–Trinajstić information content (AvgIpc) is 3.25. The molecule has 0 unspecified atom stereocenters. The van der Waals surface area contributed by atoms with E-state index >= 15 is 0 Å². The number of carbonyl (C=O) groups is 1. The highest BCUT2D eigenvalue weighted by Crippen LogP contribution is 2.17. The van der Waals surface area contributed by atoms with Crippen molar-refractivity contribution >= 4 is 5.91 Å². The van der Waals surface area contributed by atoms with E-state index in [0.717, 1.165) is 22.5 Å². The number of aryl methyl sites for hydroxylation is 1. The van der Waals surface area contributed by atoms with Crippen LogP contribution in [0.15, 0.2) is 48.8 Å². The fraction of sp³-hybridized carbons (Fsp3) is 0.235. The van der Waals surface area contributed by atoms with Gasteiger partial charge in [-0.3, -0.25) is 15.0 Å². The zero-order valence-electron chi connectivity index (χ0n) is 13.0. The van der Waals surface area contributed by atoms with Crippen LogP contribution < -0.4 is 0 Å². The highest BCUT2D eigenvalue weighted by atomic mass is 16.2. The number of hydrogen-bond acceptors (Lipinski definition) is 3. The van der Waals surface area contributed by atoms with Crippen molar-refractivity contribution in [2.75, 3.05) is 7.05 Å². The Labute approximate surface area is 134 Å². The van der Waals surface area contributed by atoms with Gasteiger partial charge >= 0.3 is 0 Å². The molecule has 0 saturated carbocycles. The lowest BCUT2D eigenvalue weighted by Crippen LogP contribution is -2.26. The molecule has 0 fully saturated rings. The number of nitrogens with one attached hydrogen (secondary N) is 2. The molecule has 1 amide bonds. The number of rotatable bonds is 6. The largest absolute Gasteiger partial charge is 0.340 e. The molecule has 3 aromatic rings. The van der Waals surface area contributed by atoms with E-state index in [2.05, 4.69) is 20.4 Å². The Hall–Kier alpha value is -2.89. The second-order valence-electron chi connectivity index (χ2n) is 5.50. The van der Waals surface area contributed by atoms with Crippen molar-refractivity contribution in [2.45, 2.75) is 19.4 Å². The maximum atomic E-state index is 12.2. The number of benzene rings is 1. The first-order valence-corrected chi connectivity index (χ1v) is 7.53. The lowest BCUT2D eigenvalue weighted by atomic mass is 10.1. The first-order chi connectivity index (χ1) is 11.2. The molecule has 0 atom stereocenters. The Morgan fingerprint density at radius 2 is 2.09 bits per heavy atom. The summed E-state index contributed by atoms with van der Waals surface area (Å²) >= 11 is 0. The van der Waals surface area contributed by atoms with E-state index < -0.39 is 0 Å². The van der Waals surface area contributed by atoms with Crippen molar-refractivity contribution in [3.05, 3.63) is 60.0 Å². The van der Waals surface area contributed by atoms with Crippen LogP contribution in [0.25, 0.3) is 11.3 Å². The Morgan fingerprint density at radius 3 is 2.83 bits per heavy atom. The maximum absolute atomic E-state index is 12.2. The Balaban J connectivity index is 1.56. The molecule has 0 aliphatic heterocycles. The number of nitrogens with zero attached hydrogens (tertiary/aromatic N) is 3. The molecule has 118 valence electrons. The summed E-state index contributed by atoms with van der Waals surface area (Å²) in [5.74, 6) is 0.0991. The topological polar surface area (TPSA) is 77.7 Å². The number of H-pyrrole nitrogens is 2. The molecule has 0 spiro atoms. The molecule has 0 saturated heterocycles. The summed E-state index contributed by atoms with van der Waals surface area (Å²) in [6.45, 7) is 0.518. The molecule has 0 aliphatic rings. The third kappa shape index (κ3) is 3.85. The van der Waals surface area contributed by atoms with Crippen molar-refractivity contribution in [2.24, 2.45) is 0 Å². The summed E-state index contributed by atoms with van der Waals surface area (Å²) in [4.78, 5) is 13.9. The van der Waals surface area contributed by atoms with E-state index in [0.29, 0.717) is 19.4 Å². The van der Waals surface area contributed by atoms with Gasteiger partial charge < -0.3 is 4.90 Å². The number of aromatic amines is 2. The lowest BCUT2D eigenvalue weighted by Gasteiger charge is -2.15. The second-order valence-corrected chi connectivity index (χ2v) is 5.50. The minimum absolute atomic E-state index is 0.0991. The smallest absolute Gasteiger partial charge is 0.222 e. The van der Waals surface area contributed by atoms with E-state index in [1.807, 2.05) is 42.6 Å². The van der Waals surface area contributed by atoms with Crippen LogP contribution in [-0.4, -0.2) is 38.2 Å². The molecule has 1 aromatic carbocycles. The Kier molecular flexibility index (Phi) is 4.52. The highest BCUT2D eigenvalue weighted by molar-refractivity contribution is 5.76. The molecule has 2 N–H and O–H groups in total. The molecule has 0 radical (unpaired) electrons. The first kappa shape index (κ1) is 15.0. The van der Waals surface area contributed by atoms with Gasteiger partial charge in [-0.2, -0.15) is 10.2 Å². The van der Waals surface area contributed by atoms with Crippen LogP contribution >= 0.6 is 0 Å². The molecular weight excluding hydrogens is 290 g/mol. The summed E-state index contributed by atoms with van der Waals surface area (Å²) < 4.78 is 0. The maximum Gasteiger partial charge on any atom is 0.222 e. The van der Waals surface area contributed by atoms with Gasteiger partial charge in [0.1, 0.15) is 0 Å². The van der Waals surface area contributed by atoms with Crippen LogP contribution in [0.1, 0.15) is 17.7 Å². The van der Waals surface area contributed by atoms with Crippen LogP contribution in [0.2, 0.25) is 0 Å². The van der Waals surface area contributed by atoms with E-state index in [9.17, 15) is 4.79 Å². The minimum Gasteiger partial charge on any atom is -0.340 e. The highest BCUT2D eigenvalue weighted by Gasteiger charge is 2.12. The fourth-order valence-electron chi connectivity index (χ4n) is 2.40. The first-order valence-electron chi connectivity index (χ1n) is 7.53. The van der Waals surface area contributed by atoms with E-state index in [1.54, 1.807) is 18.1 Å². The van der Waals surface area contributed by atoms with Crippen LogP contribution in [0.3, 0.4) is 0 Å². The predicted molar refractivity (Wildman–Crippen MR) is 87.4 cm³/mol. The number of carbonyl (C=O) groups excluding carboxylic acids is 1. The molecule has 6 heteroatoms. The second kappa shape index (κ2) is 6.91. The minimum atomic E-state index is 0.0991. The zero-order valence-corrected chi connectivity index (χ0v) is 13.0. The third-order valence-corrected chi connectivity index (χ3v) is 3.72. The van der Waals surface area contributed by atoms with Gasteiger partial charge in [-0.1, -0.05) is 30.3 Å². The molecule has 3 rings (SSSR count). The van der Waals surface area contributed by atoms with Crippen LogP contribution in [0, 0.1) is 0 Å². The van der Waals surface area contributed by atoms with Gasteiger partial charge in [0.15, 0.2) is 0 Å². The molecular formula is C17H19N5O. The van der Waals surface area contributed by atoms with Gasteiger partial charge in [0.25, 0.3) is 0 Å². The monoisotopic (exact) mass is 309 g/mol. The summed E-state index contributed by atoms with van der Waals surface area (Å²) in [6.07, 6.45) is 4.72. The molecule has 0 aliphatic carbocycles. The molecule has 6 nitrogen and oxygen atoms in total. The normalized spacial score (nSPS) is 10.7. The van der Waals surface area contributed by atoms with Gasteiger partial charge in [0.05, 0.1) is 24.1 Å². The third-order valence-electron chi connectivity index (χ3n) is 3.72. The summed E-state index contributed by atoms with van der Waals surface area (Å²) in [5, 5.41) is 13.9. The predicted octanol–water partition coefficient (Wildman–Crippen LogP) is 2.39. The van der Waals surface area contributed by atoms with E-state index in [4.69, 9.17) is 0 Å². The van der Waals surface area contributed by atoms with Gasteiger partial charge in [-0.15, -0.1) is 0 Å². The van der Waals surface area contributed by atoms with Gasteiger partial charge in [-0.25, -0.2) is 0 Å². The van der Waals surface area contributed by atoms with Crippen molar-refractivity contribution in [3.63, 3.8) is 0 Å². The summed E-state index contributed by atoms with van der Waals surface area (Å²) in [6, 6.07) is 11.9. The van der Waals surface area contributed by atoms with Gasteiger partial charge in [0, 0.05) is 25.2 Å². The lowest BCUT2D eigenvalue weighted by molar-refractivity contribution is -0.130. The molecule has 2 aromatic heterocycles. The number of amides is 1. The van der Waals surface area contributed by atoms with Crippen LogP contribution in [-0.2, 0) is 17.8 Å².